The summed E-state index contributed by atoms with van der Waals surface area (Å²) in [6.45, 7) is 2.59. The number of anilines is 1. The van der Waals surface area contributed by atoms with Gasteiger partial charge in [0.05, 0.1) is 5.75 Å². The van der Waals surface area contributed by atoms with E-state index in [0.717, 1.165) is 0 Å². The van der Waals surface area contributed by atoms with Crippen molar-refractivity contribution in [3.05, 3.63) is 30.1 Å². The first-order valence-electron chi connectivity index (χ1n) is 7.46. The number of rotatable bonds is 5. The van der Waals surface area contributed by atoms with E-state index in [1.807, 2.05) is 6.92 Å². The number of halogens is 1. The van der Waals surface area contributed by atoms with Gasteiger partial charge in [-0.3, -0.25) is 4.79 Å². The summed E-state index contributed by atoms with van der Waals surface area (Å²) in [6.07, 6.45) is 1.61. The first kappa shape index (κ1) is 16.9. The number of carbonyl (C=O) groups is 1. The second kappa shape index (κ2) is 7.19. The Morgan fingerprint density at radius 2 is 1.86 bits per heavy atom. The molecule has 0 aromatic heterocycles. The van der Waals surface area contributed by atoms with Gasteiger partial charge in [-0.1, -0.05) is 6.92 Å². The minimum Gasteiger partial charge on any atom is -0.326 e. The fourth-order valence-corrected chi connectivity index (χ4v) is 4.10. The second-order valence-corrected chi connectivity index (χ2v) is 7.57. The normalized spacial score (nSPS) is 17.4. The summed E-state index contributed by atoms with van der Waals surface area (Å²) in [6, 6.07) is 5.59. The molecule has 7 heteroatoms. The number of nitrogens with zero attached hydrogens (tertiary/aromatic N) is 1. The van der Waals surface area contributed by atoms with E-state index < -0.39 is 10.0 Å². The fraction of sp³-hybridized carbons (Fsp3) is 0.533. The van der Waals surface area contributed by atoms with Crippen molar-refractivity contribution >= 4 is 21.6 Å². The predicted molar refractivity (Wildman–Crippen MR) is 83.4 cm³/mol. The minimum absolute atomic E-state index is 0.140. The molecular weight excluding hydrogens is 307 g/mol. The highest BCUT2D eigenvalue weighted by Crippen LogP contribution is 2.22. The number of nitrogens with one attached hydrogen (secondary N) is 1. The minimum atomic E-state index is -3.19. The third-order valence-electron chi connectivity index (χ3n) is 3.79. The lowest BCUT2D eigenvalue weighted by atomic mass is 9.97. The number of carbonyl (C=O) groups excluding carboxylic acids is 1. The molecule has 2 rings (SSSR count). The van der Waals surface area contributed by atoms with Gasteiger partial charge >= 0.3 is 0 Å². The zero-order valence-electron chi connectivity index (χ0n) is 12.6. The molecule has 1 aromatic rings. The molecule has 0 atom stereocenters. The van der Waals surface area contributed by atoms with Crippen LogP contribution in [0.4, 0.5) is 10.1 Å². The van der Waals surface area contributed by atoms with Crippen LogP contribution in [0.15, 0.2) is 24.3 Å². The van der Waals surface area contributed by atoms with Crippen LogP contribution in [-0.2, 0) is 14.8 Å². The molecule has 5 nitrogen and oxygen atoms in total. The number of sulfonamides is 1. The molecule has 1 aromatic carbocycles. The van der Waals surface area contributed by atoms with Crippen LogP contribution in [0.25, 0.3) is 0 Å². The summed E-state index contributed by atoms with van der Waals surface area (Å²) in [5, 5.41) is 2.74. The van der Waals surface area contributed by atoms with Gasteiger partial charge in [-0.25, -0.2) is 17.1 Å². The van der Waals surface area contributed by atoms with Crippen molar-refractivity contribution in [3.63, 3.8) is 0 Å². The van der Waals surface area contributed by atoms with Crippen molar-refractivity contribution < 1.29 is 17.6 Å². The summed E-state index contributed by atoms with van der Waals surface area (Å²) in [4.78, 5) is 12.2. The molecule has 0 spiro atoms. The van der Waals surface area contributed by atoms with Gasteiger partial charge in [0.1, 0.15) is 5.82 Å². The molecule has 1 heterocycles. The molecule has 1 amide bonds. The van der Waals surface area contributed by atoms with E-state index in [1.165, 1.54) is 28.6 Å². The number of amides is 1. The molecule has 0 radical (unpaired) electrons. The van der Waals surface area contributed by atoms with Crippen molar-refractivity contribution in [1.29, 1.82) is 0 Å². The van der Waals surface area contributed by atoms with Crippen molar-refractivity contribution in [3.8, 4) is 0 Å². The highest BCUT2D eigenvalue weighted by atomic mass is 32.2. The third-order valence-corrected chi connectivity index (χ3v) is 5.87. The maximum Gasteiger partial charge on any atom is 0.227 e. The molecule has 1 fully saturated rings. The van der Waals surface area contributed by atoms with E-state index in [1.54, 1.807) is 0 Å². The van der Waals surface area contributed by atoms with Crippen LogP contribution in [0.1, 0.15) is 26.2 Å². The lowest BCUT2D eigenvalue weighted by molar-refractivity contribution is -0.120. The Kier molecular flexibility index (Phi) is 5.52. The molecule has 0 aliphatic carbocycles. The Labute approximate surface area is 130 Å². The molecule has 122 valence electrons. The SMILES string of the molecule is CCCS(=O)(=O)N1CCC(C(=O)Nc2ccc(F)cc2)CC1. The van der Waals surface area contributed by atoms with Gasteiger partial charge in [0.25, 0.3) is 0 Å². The zero-order chi connectivity index (χ0) is 16.2. The zero-order valence-corrected chi connectivity index (χ0v) is 13.4. The second-order valence-electron chi connectivity index (χ2n) is 5.49. The van der Waals surface area contributed by atoms with Gasteiger partial charge in [-0.2, -0.15) is 0 Å². The van der Waals surface area contributed by atoms with Gasteiger partial charge < -0.3 is 5.32 Å². The summed E-state index contributed by atoms with van der Waals surface area (Å²) < 4.78 is 38.2. The van der Waals surface area contributed by atoms with Crippen LogP contribution in [0.3, 0.4) is 0 Å². The summed E-state index contributed by atoms with van der Waals surface area (Å²) in [7, 11) is -3.19. The first-order chi connectivity index (χ1) is 10.4. The maximum absolute atomic E-state index is 12.8. The largest absolute Gasteiger partial charge is 0.326 e. The summed E-state index contributed by atoms with van der Waals surface area (Å²) in [5.41, 5.74) is 0.549. The predicted octanol–water partition coefficient (Wildman–Crippen LogP) is 2.22. The topological polar surface area (TPSA) is 66.5 Å². The molecule has 1 N–H and O–H groups in total. The lowest BCUT2D eigenvalue weighted by Gasteiger charge is -2.30. The standard InChI is InChI=1S/C15H21FN2O3S/c1-2-11-22(20,21)18-9-7-12(8-10-18)15(19)17-14-5-3-13(16)4-6-14/h3-6,12H,2,7-11H2,1H3,(H,17,19). The smallest absolute Gasteiger partial charge is 0.227 e. The van der Waals surface area contributed by atoms with Crippen LogP contribution >= 0.6 is 0 Å². The molecule has 0 saturated carbocycles. The molecule has 1 aliphatic rings. The van der Waals surface area contributed by atoms with Crippen LogP contribution in [0.2, 0.25) is 0 Å². The molecule has 22 heavy (non-hydrogen) atoms. The first-order valence-corrected chi connectivity index (χ1v) is 9.07. The molecule has 0 unspecified atom stereocenters. The number of hydrogen-bond donors (Lipinski definition) is 1. The van der Waals surface area contributed by atoms with Gasteiger partial charge in [-0.15, -0.1) is 0 Å². The van der Waals surface area contributed by atoms with E-state index in [4.69, 9.17) is 0 Å². The van der Waals surface area contributed by atoms with E-state index in [2.05, 4.69) is 5.32 Å². The van der Waals surface area contributed by atoms with Crippen LogP contribution in [0, 0.1) is 11.7 Å². The quantitative estimate of drug-likeness (QED) is 0.901. The monoisotopic (exact) mass is 328 g/mol. The third kappa shape index (κ3) is 4.27. The number of piperidine rings is 1. The van der Waals surface area contributed by atoms with Gasteiger partial charge in [0.15, 0.2) is 0 Å². The van der Waals surface area contributed by atoms with Gasteiger partial charge in [-0.05, 0) is 43.5 Å². The lowest BCUT2D eigenvalue weighted by Crippen LogP contribution is -2.42. The average molecular weight is 328 g/mol. The molecule has 1 aliphatic heterocycles. The molecule has 0 bridgehead atoms. The summed E-state index contributed by atoms with van der Waals surface area (Å²) >= 11 is 0. The molecule has 1 saturated heterocycles. The Balaban J connectivity index is 1.88. The van der Waals surface area contributed by atoms with E-state index >= 15 is 0 Å². The van der Waals surface area contributed by atoms with Crippen LogP contribution < -0.4 is 5.32 Å². The van der Waals surface area contributed by atoms with E-state index in [-0.39, 0.29) is 23.4 Å². The van der Waals surface area contributed by atoms with Crippen molar-refractivity contribution in [2.45, 2.75) is 26.2 Å². The maximum atomic E-state index is 12.8. The Morgan fingerprint density at radius 3 is 2.41 bits per heavy atom. The van der Waals surface area contributed by atoms with Crippen LogP contribution in [-0.4, -0.2) is 37.5 Å². The van der Waals surface area contributed by atoms with Crippen molar-refractivity contribution in [2.24, 2.45) is 5.92 Å². The Hall–Kier alpha value is -1.47. The highest BCUT2D eigenvalue weighted by Gasteiger charge is 2.30. The number of benzene rings is 1. The van der Waals surface area contributed by atoms with Crippen molar-refractivity contribution in [2.75, 3.05) is 24.2 Å². The Morgan fingerprint density at radius 1 is 1.27 bits per heavy atom. The van der Waals surface area contributed by atoms with Crippen LogP contribution in [0.5, 0.6) is 0 Å². The number of hydrogen-bond acceptors (Lipinski definition) is 3. The van der Waals surface area contributed by atoms with E-state index in [0.29, 0.717) is 38.0 Å². The van der Waals surface area contributed by atoms with Gasteiger partial charge in [0, 0.05) is 24.7 Å². The molecular formula is C15H21FN2O3S. The Bertz CT molecular complexity index is 608. The van der Waals surface area contributed by atoms with E-state index in [9.17, 15) is 17.6 Å². The fourth-order valence-electron chi connectivity index (χ4n) is 2.56. The summed E-state index contributed by atoms with van der Waals surface area (Å²) in [5.74, 6) is -0.552. The van der Waals surface area contributed by atoms with Crippen molar-refractivity contribution in [1.82, 2.24) is 4.31 Å². The average Bonchev–Trinajstić information content (AvgIpc) is 2.49. The highest BCUT2D eigenvalue weighted by molar-refractivity contribution is 7.89. The van der Waals surface area contributed by atoms with Gasteiger partial charge in [0.2, 0.25) is 15.9 Å².